The lowest BCUT2D eigenvalue weighted by Crippen LogP contribution is -2.14. The highest BCUT2D eigenvalue weighted by Crippen LogP contribution is 2.34. The van der Waals surface area contributed by atoms with Crippen LogP contribution in [-0.4, -0.2) is 17.4 Å². The molecule has 0 radical (unpaired) electrons. The predicted octanol–water partition coefficient (Wildman–Crippen LogP) is 5.92. The van der Waals surface area contributed by atoms with Crippen molar-refractivity contribution < 1.29 is 4.79 Å². The van der Waals surface area contributed by atoms with E-state index in [0.717, 1.165) is 28.6 Å². The van der Waals surface area contributed by atoms with Gasteiger partial charge in [-0.25, -0.2) is 0 Å². The zero-order valence-corrected chi connectivity index (χ0v) is 17.2. The Morgan fingerprint density at radius 1 is 1.04 bits per heavy atom. The van der Waals surface area contributed by atoms with Gasteiger partial charge in [0.2, 0.25) is 0 Å². The second-order valence-electron chi connectivity index (χ2n) is 6.66. The maximum absolute atomic E-state index is 12.6. The molecule has 0 aliphatic carbocycles. The van der Waals surface area contributed by atoms with Gasteiger partial charge in [0, 0.05) is 5.69 Å². The van der Waals surface area contributed by atoms with Gasteiger partial charge in [0.15, 0.2) is 0 Å². The molecule has 0 aromatic heterocycles. The molecule has 1 aromatic rings. The Morgan fingerprint density at radius 3 is 2.00 bits per heavy atom. The molecule has 1 amide bonds. The fourth-order valence-electron chi connectivity index (χ4n) is 1.86. The first-order chi connectivity index (χ1) is 11.9. The van der Waals surface area contributed by atoms with Crippen LogP contribution in [0.1, 0.15) is 40.5 Å². The molecule has 0 heterocycles. The molecule has 0 saturated carbocycles. The number of anilines is 1. The smallest absolute Gasteiger partial charge is 0.268 e. The van der Waals surface area contributed by atoms with E-state index >= 15 is 0 Å². The van der Waals surface area contributed by atoms with Crippen molar-refractivity contribution in [3.05, 3.63) is 40.1 Å². The minimum absolute atomic E-state index is 0.228. The molecule has 0 aliphatic heterocycles. The SMILES string of the molecule is CC(C)CCSC(SCCC(C)C)=C(C#N)C(=O)Nc1ccccc1. The largest absolute Gasteiger partial charge is 0.321 e. The quantitative estimate of drug-likeness (QED) is 0.407. The Kier molecular flexibility index (Phi) is 10.4. The molecule has 1 rings (SSSR count). The maximum Gasteiger partial charge on any atom is 0.268 e. The molecular formula is C20H28N2OS2. The molecule has 25 heavy (non-hydrogen) atoms. The summed E-state index contributed by atoms with van der Waals surface area (Å²) in [6.45, 7) is 8.73. The molecule has 0 saturated heterocycles. The number of rotatable bonds is 10. The lowest BCUT2D eigenvalue weighted by atomic mass is 10.2. The standard InChI is InChI=1S/C20H28N2OS2/c1-15(2)10-12-24-20(25-13-11-16(3)4)18(14-21)19(23)22-17-8-6-5-7-9-17/h5-9,15-16H,10-13H2,1-4H3,(H,22,23). The maximum atomic E-state index is 12.6. The molecule has 3 nitrogen and oxygen atoms in total. The fraction of sp³-hybridized carbons (Fsp3) is 0.500. The Bertz CT molecular complexity index is 588. The third kappa shape index (κ3) is 9.04. The van der Waals surface area contributed by atoms with Gasteiger partial charge in [-0.1, -0.05) is 45.9 Å². The summed E-state index contributed by atoms with van der Waals surface area (Å²) >= 11 is 3.26. The van der Waals surface area contributed by atoms with Crippen LogP contribution in [-0.2, 0) is 4.79 Å². The lowest BCUT2D eigenvalue weighted by Gasteiger charge is -2.12. The monoisotopic (exact) mass is 376 g/mol. The van der Waals surface area contributed by atoms with Crippen molar-refractivity contribution in [2.24, 2.45) is 11.8 Å². The molecule has 5 heteroatoms. The van der Waals surface area contributed by atoms with Gasteiger partial charge in [0.05, 0.1) is 4.24 Å². The van der Waals surface area contributed by atoms with Crippen molar-refractivity contribution in [2.75, 3.05) is 16.8 Å². The normalized spacial score (nSPS) is 10.6. The molecular weight excluding hydrogens is 348 g/mol. The Balaban J connectivity index is 2.88. The number of benzene rings is 1. The van der Waals surface area contributed by atoms with Crippen molar-refractivity contribution in [1.82, 2.24) is 0 Å². The highest BCUT2D eigenvalue weighted by Gasteiger charge is 2.17. The molecule has 1 N–H and O–H groups in total. The second-order valence-corrected chi connectivity index (χ2v) is 9.13. The number of carbonyl (C=O) groups is 1. The van der Waals surface area contributed by atoms with Gasteiger partial charge in [-0.05, 0) is 48.3 Å². The van der Waals surface area contributed by atoms with E-state index in [2.05, 4.69) is 39.1 Å². The fourth-order valence-corrected chi connectivity index (χ4v) is 4.81. The summed E-state index contributed by atoms with van der Waals surface area (Å²) in [5, 5.41) is 12.4. The zero-order chi connectivity index (χ0) is 18.7. The van der Waals surface area contributed by atoms with E-state index in [9.17, 15) is 10.1 Å². The molecule has 0 fully saturated rings. The van der Waals surface area contributed by atoms with Gasteiger partial charge >= 0.3 is 0 Å². The summed E-state index contributed by atoms with van der Waals surface area (Å²) in [6, 6.07) is 11.4. The molecule has 0 aliphatic rings. The van der Waals surface area contributed by atoms with Crippen LogP contribution in [0, 0.1) is 23.2 Å². The Labute approximate surface area is 160 Å². The Morgan fingerprint density at radius 2 is 1.56 bits per heavy atom. The first kappa shape index (κ1) is 21.7. The number of para-hydroxylation sites is 1. The van der Waals surface area contributed by atoms with Crippen molar-refractivity contribution in [1.29, 1.82) is 5.26 Å². The molecule has 0 atom stereocenters. The minimum Gasteiger partial charge on any atom is -0.321 e. The van der Waals surface area contributed by atoms with Crippen molar-refractivity contribution in [3.63, 3.8) is 0 Å². The summed E-state index contributed by atoms with van der Waals surface area (Å²) in [4.78, 5) is 12.6. The highest BCUT2D eigenvalue weighted by molar-refractivity contribution is 8.22. The average molecular weight is 377 g/mol. The average Bonchev–Trinajstić information content (AvgIpc) is 2.55. The minimum atomic E-state index is -0.321. The third-order valence-corrected chi connectivity index (χ3v) is 5.95. The first-order valence-corrected chi connectivity index (χ1v) is 10.7. The highest BCUT2D eigenvalue weighted by atomic mass is 32.2. The number of nitriles is 1. The lowest BCUT2D eigenvalue weighted by molar-refractivity contribution is -0.112. The van der Waals surface area contributed by atoms with Gasteiger partial charge < -0.3 is 5.32 Å². The van der Waals surface area contributed by atoms with Crippen molar-refractivity contribution >= 4 is 35.1 Å². The number of hydrogen-bond donors (Lipinski definition) is 1. The van der Waals surface area contributed by atoms with Crippen LogP contribution in [0.4, 0.5) is 5.69 Å². The number of thioether (sulfide) groups is 2. The van der Waals surface area contributed by atoms with Gasteiger partial charge in [0.25, 0.3) is 5.91 Å². The van der Waals surface area contributed by atoms with E-state index in [1.807, 2.05) is 30.3 Å². The molecule has 136 valence electrons. The topological polar surface area (TPSA) is 52.9 Å². The molecule has 0 bridgehead atoms. The van der Waals surface area contributed by atoms with E-state index in [0.29, 0.717) is 17.5 Å². The zero-order valence-electron chi connectivity index (χ0n) is 15.5. The number of nitrogens with one attached hydrogen (secondary N) is 1. The van der Waals surface area contributed by atoms with E-state index in [1.54, 1.807) is 23.5 Å². The summed E-state index contributed by atoms with van der Waals surface area (Å²) in [5.41, 5.74) is 0.935. The van der Waals surface area contributed by atoms with Crippen LogP contribution < -0.4 is 5.32 Å². The summed E-state index contributed by atoms with van der Waals surface area (Å²) in [6.07, 6.45) is 2.13. The summed E-state index contributed by atoms with van der Waals surface area (Å²) < 4.78 is 0.845. The van der Waals surface area contributed by atoms with Crippen molar-refractivity contribution in [2.45, 2.75) is 40.5 Å². The first-order valence-electron chi connectivity index (χ1n) is 8.70. The number of carbonyl (C=O) groups excluding carboxylic acids is 1. The van der Waals surface area contributed by atoms with Crippen LogP contribution in [0.3, 0.4) is 0 Å². The molecule has 1 aromatic carbocycles. The summed E-state index contributed by atoms with van der Waals surface area (Å²) in [7, 11) is 0. The predicted molar refractivity (Wildman–Crippen MR) is 112 cm³/mol. The molecule has 0 spiro atoms. The summed E-state index contributed by atoms with van der Waals surface area (Å²) in [5.74, 6) is 2.74. The van der Waals surface area contributed by atoms with Gasteiger partial charge in [-0.2, -0.15) is 5.26 Å². The van der Waals surface area contributed by atoms with Crippen LogP contribution in [0.2, 0.25) is 0 Å². The van der Waals surface area contributed by atoms with E-state index in [-0.39, 0.29) is 11.5 Å². The van der Waals surface area contributed by atoms with Gasteiger partial charge in [-0.3, -0.25) is 4.79 Å². The third-order valence-electron chi connectivity index (χ3n) is 3.43. The van der Waals surface area contributed by atoms with Crippen LogP contribution >= 0.6 is 23.5 Å². The Hall–Kier alpha value is -1.38. The molecule has 0 unspecified atom stereocenters. The van der Waals surface area contributed by atoms with Crippen LogP contribution in [0.5, 0.6) is 0 Å². The van der Waals surface area contributed by atoms with E-state index in [1.165, 1.54) is 0 Å². The number of hydrogen-bond acceptors (Lipinski definition) is 4. The van der Waals surface area contributed by atoms with Crippen LogP contribution in [0.15, 0.2) is 40.1 Å². The van der Waals surface area contributed by atoms with Gasteiger partial charge in [0.1, 0.15) is 11.6 Å². The van der Waals surface area contributed by atoms with Crippen molar-refractivity contribution in [3.8, 4) is 6.07 Å². The number of nitrogens with zero attached hydrogens (tertiary/aromatic N) is 1. The van der Waals surface area contributed by atoms with Crippen LogP contribution in [0.25, 0.3) is 0 Å². The van der Waals surface area contributed by atoms with Gasteiger partial charge in [-0.15, -0.1) is 23.5 Å². The number of amides is 1. The van der Waals surface area contributed by atoms with E-state index < -0.39 is 0 Å². The van der Waals surface area contributed by atoms with E-state index in [4.69, 9.17) is 0 Å². The second kappa shape index (κ2) is 12.1.